The summed E-state index contributed by atoms with van der Waals surface area (Å²) in [6.07, 6.45) is 2.56. The molecule has 2 N–H and O–H groups in total. The highest BCUT2D eigenvalue weighted by molar-refractivity contribution is 6.35. The minimum Gasteiger partial charge on any atom is -0.356 e. The number of benzene rings is 1. The van der Waals surface area contributed by atoms with E-state index in [2.05, 4.69) is 10.6 Å². The number of likely N-dealkylation sites (tertiary alicyclic amines) is 1. The van der Waals surface area contributed by atoms with Gasteiger partial charge in [-0.15, -0.1) is 0 Å². The SMILES string of the molecule is O=C(NCc1ccc(Cl)cc1Cl)N1CC[C@]2(CCCNC2=O)C1. The molecule has 2 fully saturated rings. The number of nitrogens with one attached hydrogen (secondary N) is 2. The molecule has 1 atom stereocenters. The Morgan fingerprint density at radius 1 is 1.35 bits per heavy atom. The molecule has 1 aromatic carbocycles. The van der Waals surface area contributed by atoms with Crippen LogP contribution in [0.1, 0.15) is 24.8 Å². The van der Waals surface area contributed by atoms with Gasteiger partial charge in [0.1, 0.15) is 0 Å². The Bertz CT molecular complexity index is 638. The van der Waals surface area contributed by atoms with Gasteiger partial charge in [0, 0.05) is 36.2 Å². The van der Waals surface area contributed by atoms with Crippen LogP contribution in [0, 0.1) is 5.41 Å². The van der Waals surface area contributed by atoms with Crippen molar-refractivity contribution < 1.29 is 9.59 Å². The summed E-state index contributed by atoms with van der Waals surface area (Å²) in [6.45, 7) is 2.17. The summed E-state index contributed by atoms with van der Waals surface area (Å²) in [7, 11) is 0. The molecule has 2 heterocycles. The number of carbonyl (C=O) groups excluding carboxylic acids is 2. The van der Waals surface area contributed by atoms with Crippen molar-refractivity contribution in [2.45, 2.75) is 25.8 Å². The van der Waals surface area contributed by atoms with Crippen LogP contribution in [0.15, 0.2) is 18.2 Å². The molecule has 0 saturated carbocycles. The van der Waals surface area contributed by atoms with Gasteiger partial charge in [0.05, 0.1) is 5.41 Å². The van der Waals surface area contributed by atoms with E-state index in [1.165, 1.54) is 0 Å². The fraction of sp³-hybridized carbons (Fsp3) is 0.500. The van der Waals surface area contributed by atoms with Crippen LogP contribution in [0.3, 0.4) is 0 Å². The zero-order valence-electron chi connectivity index (χ0n) is 12.7. The minimum absolute atomic E-state index is 0.0831. The first-order valence-electron chi connectivity index (χ1n) is 7.75. The van der Waals surface area contributed by atoms with Gasteiger partial charge in [-0.2, -0.15) is 0 Å². The van der Waals surface area contributed by atoms with Crippen LogP contribution in [-0.4, -0.2) is 36.5 Å². The number of halogens is 2. The standard InChI is InChI=1S/C16H19Cl2N3O2/c17-12-3-2-11(13(18)8-12)9-20-15(23)21-7-5-16(10-21)4-1-6-19-14(16)22/h2-3,8H,1,4-7,9-10H2,(H,19,22)(H,20,23)/t16-/m1/s1. The Morgan fingerprint density at radius 2 is 2.17 bits per heavy atom. The first-order valence-corrected chi connectivity index (χ1v) is 8.51. The summed E-state index contributed by atoms with van der Waals surface area (Å²) in [6, 6.07) is 5.03. The number of hydrogen-bond acceptors (Lipinski definition) is 2. The van der Waals surface area contributed by atoms with Crippen molar-refractivity contribution in [3.05, 3.63) is 33.8 Å². The molecule has 0 bridgehead atoms. The van der Waals surface area contributed by atoms with Crippen molar-refractivity contribution in [2.24, 2.45) is 5.41 Å². The molecule has 2 saturated heterocycles. The van der Waals surface area contributed by atoms with Gasteiger partial charge >= 0.3 is 6.03 Å². The maximum absolute atomic E-state index is 12.3. The van der Waals surface area contributed by atoms with E-state index >= 15 is 0 Å². The van der Waals surface area contributed by atoms with Crippen LogP contribution in [0.2, 0.25) is 10.0 Å². The monoisotopic (exact) mass is 355 g/mol. The lowest BCUT2D eigenvalue weighted by Crippen LogP contribution is -2.48. The molecule has 0 unspecified atom stereocenters. The van der Waals surface area contributed by atoms with Crippen molar-refractivity contribution in [1.29, 1.82) is 0 Å². The first-order chi connectivity index (χ1) is 11.0. The molecule has 23 heavy (non-hydrogen) atoms. The summed E-state index contributed by atoms with van der Waals surface area (Å²) >= 11 is 12.0. The van der Waals surface area contributed by atoms with Crippen molar-refractivity contribution in [3.8, 4) is 0 Å². The fourth-order valence-electron chi connectivity index (χ4n) is 3.31. The molecule has 124 valence electrons. The second kappa shape index (κ2) is 6.57. The van der Waals surface area contributed by atoms with Gasteiger partial charge in [-0.25, -0.2) is 4.79 Å². The molecule has 1 spiro atoms. The highest BCUT2D eigenvalue weighted by atomic mass is 35.5. The second-order valence-corrected chi connectivity index (χ2v) is 7.05. The van der Waals surface area contributed by atoms with Crippen molar-refractivity contribution >= 4 is 35.1 Å². The molecule has 3 amide bonds. The van der Waals surface area contributed by atoms with Crippen LogP contribution in [0.4, 0.5) is 4.79 Å². The zero-order chi connectivity index (χ0) is 16.4. The quantitative estimate of drug-likeness (QED) is 0.856. The third kappa shape index (κ3) is 3.40. The molecule has 5 nitrogen and oxygen atoms in total. The van der Waals surface area contributed by atoms with Gasteiger partial charge in [-0.3, -0.25) is 4.79 Å². The van der Waals surface area contributed by atoms with E-state index < -0.39 is 5.41 Å². The number of rotatable bonds is 2. The molecule has 2 aliphatic heterocycles. The third-order valence-electron chi connectivity index (χ3n) is 4.69. The van der Waals surface area contributed by atoms with Crippen LogP contribution >= 0.6 is 23.2 Å². The Balaban J connectivity index is 1.58. The van der Waals surface area contributed by atoms with Crippen LogP contribution in [0.5, 0.6) is 0 Å². The van der Waals surface area contributed by atoms with E-state index in [1.807, 2.05) is 0 Å². The molecule has 2 aliphatic rings. The van der Waals surface area contributed by atoms with Crippen LogP contribution < -0.4 is 10.6 Å². The van der Waals surface area contributed by atoms with Gasteiger partial charge in [0.15, 0.2) is 0 Å². The maximum Gasteiger partial charge on any atom is 0.317 e. The number of piperidine rings is 1. The average molecular weight is 356 g/mol. The van der Waals surface area contributed by atoms with E-state index in [-0.39, 0.29) is 11.9 Å². The topological polar surface area (TPSA) is 61.4 Å². The Labute approximate surface area is 145 Å². The van der Waals surface area contributed by atoms with Gasteiger partial charge in [-0.1, -0.05) is 29.3 Å². The van der Waals surface area contributed by atoms with E-state index in [1.54, 1.807) is 23.1 Å². The second-order valence-electron chi connectivity index (χ2n) is 6.21. The number of urea groups is 1. The molecule has 0 radical (unpaired) electrons. The van der Waals surface area contributed by atoms with Crippen LogP contribution in [0.25, 0.3) is 0 Å². The lowest BCUT2D eigenvalue weighted by Gasteiger charge is -2.32. The normalized spacial score (nSPS) is 23.9. The van der Waals surface area contributed by atoms with Gasteiger partial charge in [-0.05, 0) is 37.0 Å². The molecular weight excluding hydrogens is 337 g/mol. The Hall–Kier alpha value is -1.46. The largest absolute Gasteiger partial charge is 0.356 e. The minimum atomic E-state index is -0.395. The summed E-state index contributed by atoms with van der Waals surface area (Å²) < 4.78 is 0. The molecule has 3 rings (SSSR count). The first kappa shape index (κ1) is 16.4. The Morgan fingerprint density at radius 3 is 2.91 bits per heavy atom. The van der Waals surface area contributed by atoms with Crippen molar-refractivity contribution in [2.75, 3.05) is 19.6 Å². The molecule has 0 aromatic heterocycles. The summed E-state index contributed by atoms with van der Waals surface area (Å²) in [4.78, 5) is 26.2. The van der Waals surface area contributed by atoms with E-state index in [0.717, 1.165) is 31.4 Å². The number of amides is 3. The number of hydrogen-bond donors (Lipinski definition) is 2. The Kier molecular flexibility index (Phi) is 4.69. The summed E-state index contributed by atoms with van der Waals surface area (Å²) in [5.41, 5.74) is 0.418. The third-order valence-corrected chi connectivity index (χ3v) is 5.27. The van der Waals surface area contributed by atoms with Crippen LogP contribution in [-0.2, 0) is 11.3 Å². The van der Waals surface area contributed by atoms with Gasteiger partial charge in [0.25, 0.3) is 0 Å². The van der Waals surface area contributed by atoms with E-state index in [9.17, 15) is 9.59 Å². The lowest BCUT2D eigenvalue weighted by atomic mass is 9.79. The highest BCUT2D eigenvalue weighted by Gasteiger charge is 2.46. The van der Waals surface area contributed by atoms with Gasteiger partial charge in [0.2, 0.25) is 5.91 Å². The lowest BCUT2D eigenvalue weighted by molar-refractivity contribution is -0.132. The highest BCUT2D eigenvalue weighted by Crippen LogP contribution is 2.37. The summed E-state index contributed by atoms with van der Waals surface area (Å²) in [5, 5.41) is 6.88. The van der Waals surface area contributed by atoms with Gasteiger partial charge < -0.3 is 15.5 Å². The molecule has 7 heteroatoms. The molecule has 0 aliphatic carbocycles. The fourth-order valence-corrected chi connectivity index (χ4v) is 3.79. The predicted molar refractivity (Wildman–Crippen MR) is 89.6 cm³/mol. The molecule has 1 aromatic rings. The zero-order valence-corrected chi connectivity index (χ0v) is 14.2. The molecular formula is C16H19Cl2N3O2. The number of carbonyl (C=O) groups is 2. The van der Waals surface area contributed by atoms with E-state index in [0.29, 0.717) is 29.7 Å². The van der Waals surface area contributed by atoms with E-state index in [4.69, 9.17) is 23.2 Å². The van der Waals surface area contributed by atoms with Crippen molar-refractivity contribution in [3.63, 3.8) is 0 Å². The predicted octanol–water partition coefficient (Wildman–Crippen LogP) is 2.81. The smallest absolute Gasteiger partial charge is 0.317 e. The van der Waals surface area contributed by atoms with Crippen molar-refractivity contribution in [1.82, 2.24) is 15.5 Å². The summed E-state index contributed by atoms with van der Waals surface area (Å²) in [5.74, 6) is 0.0831. The number of nitrogens with zero attached hydrogens (tertiary/aromatic N) is 1. The average Bonchev–Trinajstić information content (AvgIpc) is 2.95. The maximum atomic E-state index is 12.3.